The van der Waals surface area contributed by atoms with E-state index < -0.39 is 5.97 Å². The highest BCUT2D eigenvalue weighted by atomic mass is 35.5. The number of aromatic nitrogens is 3. The molecule has 6 nitrogen and oxygen atoms in total. The Morgan fingerprint density at radius 2 is 1.79 bits per heavy atom. The Balaban J connectivity index is 1.80. The lowest BCUT2D eigenvalue weighted by molar-refractivity contribution is 0.0697. The lowest BCUT2D eigenvalue weighted by atomic mass is 10.1. The molecule has 7 heteroatoms. The van der Waals surface area contributed by atoms with Crippen molar-refractivity contribution in [2.24, 2.45) is 0 Å². The van der Waals surface area contributed by atoms with Gasteiger partial charge in [0.05, 0.1) is 17.8 Å². The van der Waals surface area contributed by atoms with Crippen LogP contribution in [0.5, 0.6) is 0 Å². The fourth-order valence-electron chi connectivity index (χ4n) is 3.10. The maximum atomic E-state index is 12.4. The van der Waals surface area contributed by atoms with E-state index in [-0.39, 0.29) is 11.1 Å². The standard InChI is InChI=1S/C21H16ClN3O3/c1-13-10-19(26)25-12-18(15-6-8-17(22)9-7-15)23-21(25)24(13)11-14-2-4-16(5-3-14)20(27)28/h2-10,12H,11H2,1H3,(H,27,28). The summed E-state index contributed by atoms with van der Waals surface area (Å²) in [5.41, 5.74) is 3.30. The molecule has 0 aliphatic carbocycles. The van der Waals surface area contributed by atoms with Gasteiger partial charge < -0.3 is 9.67 Å². The molecule has 2 aromatic carbocycles. The molecule has 2 heterocycles. The molecular formula is C21H16ClN3O3. The maximum absolute atomic E-state index is 12.4. The van der Waals surface area contributed by atoms with Crippen LogP contribution in [0.3, 0.4) is 0 Å². The molecule has 0 aliphatic heterocycles. The fourth-order valence-corrected chi connectivity index (χ4v) is 3.22. The lowest BCUT2D eigenvalue weighted by Gasteiger charge is -2.12. The van der Waals surface area contributed by atoms with Gasteiger partial charge in [0.15, 0.2) is 0 Å². The lowest BCUT2D eigenvalue weighted by Crippen LogP contribution is -2.19. The molecule has 0 saturated heterocycles. The first-order valence-corrected chi connectivity index (χ1v) is 8.98. The molecule has 0 aliphatic rings. The number of hydrogen-bond donors (Lipinski definition) is 1. The van der Waals surface area contributed by atoms with E-state index in [0.717, 1.165) is 16.8 Å². The summed E-state index contributed by atoms with van der Waals surface area (Å²) in [7, 11) is 0. The van der Waals surface area contributed by atoms with Crippen molar-refractivity contribution in [1.82, 2.24) is 14.0 Å². The summed E-state index contributed by atoms with van der Waals surface area (Å²) >= 11 is 5.95. The summed E-state index contributed by atoms with van der Waals surface area (Å²) in [6.07, 6.45) is 1.71. The van der Waals surface area contributed by atoms with Gasteiger partial charge in [0.2, 0.25) is 5.78 Å². The van der Waals surface area contributed by atoms with Crippen molar-refractivity contribution in [1.29, 1.82) is 0 Å². The first-order chi connectivity index (χ1) is 13.4. The van der Waals surface area contributed by atoms with E-state index in [0.29, 0.717) is 23.0 Å². The van der Waals surface area contributed by atoms with Gasteiger partial charge in [0.25, 0.3) is 5.56 Å². The average Bonchev–Trinajstić information content (AvgIpc) is 3.12. The highest BCUT2D eigenvalue weighted by Gasteiger charge is 2.13. The van der Waals surface area contributed by atoms with Crippen molar-refractivity contribution in [3.05, 3.63) is 93.0 Å². The smallest absolute Gasteiger partial charge is 0.335 e. The monoisotopic (exact) mass is 393 g/mol. The maximum Gasteiger partial charge on any atom is 0.335 e. The minimum Gasteiger partial charge on any atom is -0.478 e. The second-order valence-corrected chi connectivity index (χ2v) is 6.95. The van der Waals surface area contributed by atoms with Crippen LogP contribution in [0.1, 0.15) is 21.6 Å². The van der Waals surface area contributed by atoms with Crippen LogP contribution in [0.4, 0.5) is 0 Å². The van der Waals surface area contributed by atoms with Crippen molar-refractivity contribution < 1.29 is 9.90 Å². The summed E-state index contributed by atoms with van der Waals surface area (Å²) in [5, 5.41) is 9.68. The Hall–Kier alpha value is -3.38. The SMILES string of the molecule is Cc1cc(=O)n2cc(-c3ccc(Cl)cc3)nc2n1Cc1ccc(C(=O)O)cc1. The molecule has 0 amide bonds. The van der Waals surface area contributed by atoms with Gasteiger partial charge >= 0.3 is 5.97 Å². The topological polar surface area (TPSA) is 76.6 Å². The second-order valence-electron chi connectivity index (χ2n) is 6.52. The summed E-state index contributed by atoms with van der Waals surface area (Å²) in [5.74, 6) is -0.438. The molecule has 0 saturated carbocycles. The Morgan fingerprint density at radius 3 is 2.43 bits per heavy atom. The molecule has 2 aromatic heterocycles. The van der Waals surface area contributed by atoms with Crippen LogP contribution in [-0.4, -0.2) is 25.0 Å². The van der Waals surface area contributed by atoms with Crippen LogP contribution in [0, 0.1) is 6.92 Å². The minimum absolute atomic E-state index is 0.155. The van der Waals surface area contributed by atoms with Crippen molar-refractivity contribution in [2.45, 2.75) is 13.5 Å². The zero-order chi connectivity index (χ0) is 19.8. The first-order valence-electron chi connectivity index (χ1n) is 8.60. The third-order valence-corrected chi connectivity index (χ3v) is 4.86. The van der Waals surface area contributed by atoms with Crippen LogP contribution in [0.15, 0.2) is 65.6 Å². The Bertz CT molecular complexity index is 1240. The minimum atomic E-state index is -0.964. The number of aromatic carboxylic acids is 1. The number of aryl methyl sites for hydroxylation is 1. The van der Waals surface area contributed by atoms with Gasteiger partial charge in [-0.1, -0.05) is 35.9 Å². The molecule has 28 heavy (non-hydrogen) atoms. The number of nitrogens with zero attached hydrogens (tertiary/aromatic N) is 3. The molecule has 4 aromatic rings. The Kier molecular flexibility index (Phi) is 4.49. The zero-order valence-corrected chi connectivity index (χ0v) is 15.7. The van der Waals surface area contributed by atoms with E-state index in [1.165, 1.54) is 4.40 Å². The predicted molar refractivity (Wildman–Crippen MR) is 107 cm³/mol. The quantitative estimate of drug-likeness (QED) is 0.571. The highest BCUT2D eigenvalue weighted by Crippen LogP contribution is 2.21. The number of fused-ring (bicyclic) bond motifs is 1. The van der Waals surface area contributed by atoms with E-state index in [1.54, 1.807) is 48.7 Å². The van der Waals surface area contributed by atoms with Gasteiger partial charge in [-0.25, -0.2) is 9.78 Å². The van der Waals surface area contributed by atoms with Crippen molar-refractivity contribution in [3.8, 4) is 11.3 Å². The third-order valence-electron chi connectivity index (χ3n) is 4.61. The Labute approximate surface area is 165 Å². The molecule has 0 unspecified atom stereocenters. The molecule has 0 radical (unpaired) electrons. The largest absolute Gasteiger partial charge is 0.478 e. The number of carboxylic acids is 1. The number of benzene rings is 2. The van der Waals surface area contributed by atoms with Gasteiger partial charge in [-0.05, 0) is 36.8 Å². The number of carbonyl (C=O) groups is 1. The average molecular weight is 394 g/mol. The zero-order valence-electron chi connectivity index (χ0n) is 15.0. The highest BCUT2D eigenvalue weighted by molar-refractivity contribution is 6.30. The predicted octanol–water partition coefficient (Wildman–Crippen LogP) is 3.87. The normalized spacial score (nSPS) is 11.1. The van der Waals surface area contributed by atoms with E-state index in [9.17, 15) is 9.59 Å². The van der Waals surface area contributed by atoms with Crippen LogP contribution in [-0.2, 0) is 6.54 Å². The number of hydrogen-bond acceptors (Lipinski definition) is 3. The van der Waals surface area contributed by atoms with Crippen molar-refractivity contribution in [2.75, 3.05) is 0 Å². The Morgan fingerprint density at radius 1 is 1.11 bits per heavy atom. The summed E-state index contributed by atoms with van der Waals surface area (Å²) in [6, 6.07) is 15.5. The molecule has 1 N–H and O–H groups in total. The third kappa shape index (κ3) is 3.30. The van der Waals surface area contributed by atoms with E-state index >= 15 is 0 Å². The summed E-state index contributed by atoms with van der Waals surface area (Å²) in [6.45, 7) is 2.32. The number of carboxylic acid groups (broad SMARTS) is 1. The van der Waals surface area contributed by atoms with Gasteiger partial charge in [0.1, 0.15) is 0 Å². The summed E-state index contributed by atoms with van der Waals surface area (Å²) < 4.78 is 3.44. The van der Waals surface area contributed by atoms with Crippen LogP contribution in [0.2, 0.25) is 5.02 Å². The van der Waals surface area contributed by atoms with E-state index in [2.05, 4.69) is 4.98 Å². The molecule has 140 valence electrons. The van der Waals surface area contributed by atoms with Crippen LogP contribution in [0.25, 0.3) is 17.0 Å². The fraction of sp³-hybridized carbons (Fsp3) is 0.0952. The second kappa shape index (κ2) is 6.98. The molecule has 0 bridgehead atoms. The number of imidazole rings is 1. The van der Waals surface area contributed by atoms with Crippen molar-refractivity contribution >= 4 is 23.3 Å². The van der Waals surface area contributed by atoms with Crippen LogP contribution < -0.4 is 5.56 Å². The number of rotatable bonds is 4. The van der Waals surface area contributed by atoms with Gasteiger partial charge in [-0.2, -0.15) is 0 Å². The molecule has 0 atom stereocenters. The van der Waals surface area contributed by atoms with Crippen molar-refractivity contribution in [3.63, 3.8) is 0 Å². The number of halogens is 1. The van der Waals surface area contributed by atoms with E-state index in [1.807, 2.05) is 23.6 Å². The molecule has 0 fully saturated rings. The molecular weight excluding hydrogens is 378 g/mol. The van der Waals surface area contributed by atoms with Gasteiger partial charge in [-0.3, -0.25) is 9.20 Å². The van der Waals surface area contributed by atoms with Crippen LogP contribution >= 0.6 is 11.6 Å². The molecule has 4 rings (SSSR count). The summed E-state index contributed by atoms with van der Waals surface area (Å²) in [4.78, 5) is 28.1. The van der Waals surface area contributed by atoms with Gasteiger partial charge in [0, 0.05) is 28.5 Å². The van der Waals surface area contributed by atoms with E-state index in [4.69, 9.17) is 16.7 Å². The first kappa shape index (κ1) is 18.0. The van der Waals surface area contributed by atoms with Gasteiger partial charge in [-0.15, -0.1) is 0 Å². The molecule has 0 spiro atoms.